The lowest BCUT2D eigenvalue weighted by Gasteiger charge is -2.24. The van der Waals surface area contributed by atoms with Crippen molar-refractivity contribution in [2.75, 3.05) is 6.61 Å². The first-order valence-corrected chi connectivity index (χ1v) is 13.8. The zero-order valence-electron chi connectivity index (χ0n) is 21.2. The molecule has 0 aliphatic carbocycles. The van der Waals surface area contributed by atoms with Crippen molar-refractivity contribution in [2.45, 2.75) is 26.5 Å². The molecule has 1 aromatic heterocycles. The second kappa shape index (κ2) is 11.6. The van der Waals surface area contributed by atoms with Gasteiger partial charge in [-0.3, -0.25) is 9.36 Å². The second-order valence-corrected chi connectivity index (χ2v) is 10.6. The quantitative estimate of drug-likeness (QED) is 0.264. The number of ether oxygens (including phenoxy) is 2. The predicted octanol–water partition coefficient (Wildman–Crippen LogP) is 5.68. The molecule has 6 nitrogen and oxygen atoms in total. The average Bonchev–Trinajstić information content (AvgIpc) is 3.23. The summed E-state index contributed by atoms with van der Waals surface area (Å²) in [5.74, 6) is 0.104. The fraction of sp³-hybridized carbons (Fsp3) is 0.167. The molecule has 39 heavy (non-hydrogen) atoms. The Kier molecular flexibility index (Phi) is 8.02. The Morgan fingerprint density at radius 3 is 2.51 bits per heavy atom. The van der Waals surface area contributed by atoms with Gasteiger partial charge < -0.3 is 9.47 Å². The minimum Gasteiger partial charge on any atom is -0.488 e. The van der Waals surface area contributed by atoms with Crippen LogP contribution in [0.1, 0.15) is 36.6 Å². The summed E-state index contributed by atoms with van der Waals surface area (Å²) in [6.45, 7) is 3.98. The van der Waals surface area contributed by atoms with Crippen molar-refractivity contribution in [1.29, 1.82) is 0 Å². The summed E-state index contributed by atoms with van der Waals surface area (Å²) in [6.07, 6.45) is 1.79. The van der Waals surface area contributed by atoms with Crippen LogP contribution in [0.15, 0.2) is 93.9 Å². The Labute approximate surface area is 239 Å². The van der Waals surface area contributed by atoms with Gasteiger partial charge in [0.15, 0.2) is 4.80 Å². The number of benzene rings is 3. The Morgan fingerprint density at radius 1 is 1.05 bits per heavy atom. The maximum absolute atomic E-state index is 13.9. The summed E-state index contributed by atoms with van der Waals surface area (Å²) in [6, 6.07) is 21.3. The number of fused-ring (bicyclic) bond motifs is 1. The highest BCUT2D eigenvalue weighted by atomic mass is 35.5. The number of carbonyl (C=O) groups excluding carboxylic acids is 1. The lowest BCUT2D eigenvalue weighted by molar-refractivity contribution is -0.139. The number of rotatable bonds is 7. The fourth-order valence-corrected chi connectivity index (χ4v) is 5.75. The van der Waals surface area contributed by atoms with E-state index in [1.807, 2.05) is 48.5 Å². The number of nitrogens with zero attached hydrogens (tertiary/aromatic N) is 2. The van der Waals surface area contributed by atoms with E-state index >= 15 is 0 Å². The maximum Gasteiger partial charge on any atom is 0.338 e. The number of allylic oxidation sites excluding steroid dienone is 1. The minimum absolute atomic E-state index is 0.207. The fourth-order valence-electron chi connectivity index (χ4n) is 4.40. The molecule has 0 N–H and O–H groups in total. The molecule has 1 aliphatic heterocycles. The van der Waals surface area contributed by atoms with Crippen molar-refractivity contribution in [1.82, 2.24) is 4.57 Å². The maximum atomic E-state index is 13.9. The lowest BCUT2D eigenvalue weighted by atomic mass is 9.96. The Balaban J connectivity index is 1.60. The molecule has 5 rings (SSSR count). The van der Waals surface area contributed by atoms with Crippen LogP contribution in [0, 0.1) is 0 Å². The number of para-hydroxylation sites is 1. The van der Waals surface area contributed by atoms with Gasteiger partial charge in [0.25, 0.3) is 5.56 Å². The molecule has 0 spiro atoms. The van der Waals surface area contributed by atoms with Crippen LogP contribution in [0.25, 0.3) is 6.08 Å². The number of carbonyl (C=O) groups is 1. The van der Waals surface area contributed by atoms with Crippen molar-refractivity contribution in [3.63, 3.8) is 0 Å². The normalized spacial score (nSPS) is 15.1. The van der Waals surface area contributed by atoms with E-state index in [4.69, 9.17) is 32.7 Å². The molecule has 4 aromatic rings. The van der Waals surface area contributed by atoms with Crippen molar-refractivity contribution < 1.29 is 14.3 Å². The van der Waals surface area contributed by atoms with Gasteiger partial charge in [0.05, 0.1) is 28.5 Å². The highest BCUT2D eigenvalue weighted by Gasteiger charge is 2.33. The summed E-state index contributed by atoms with van der Waals surface area (Å²) >= 11 is 13.7. The second-order valence-electron chi connectivity index (χ2n) is 8.77. The molecular formula is C30H24Cl2N2O4S. The van der Waals surface area contributed by atoms with Crippen molar-refractivity contribution in [2.24, 2.45) is 4.99 Å². The van der Waals surface area contributed by atoms with Gasteiger partial charge >= 0.3 is 5.97 Å². The largest absolute Gasteiger partial charge is 0.488 e. The molecule has 0 bridgehead atoms. The first-order chi connectivity index (χ1) is 18.9. The van der Waals surface area contributed by atoms with Crippen LogP contribution < -0.4 is 19.6 Å². The van der Waals surface area contributed by atoms with Gasteiger partial charge in [0.1, 0.15) is 12.4 Å². The van der Waals surface area contributed by atoms with E-state index in [1.165, 1.54) is 11.3 Å². The zero-order chi connectivity index (χ0) is 27.5. The van der Waals surface area contributed by atoms with Gasteiger partial charge in [-0.05, 0) is 49.8 Å². The zero-order valence-corrected chi connectivity index (χ0v) is 23.5. The van der Waals surface area contributed by atoms with E-state index in [-0.39, 0.29) is 18.8 Å². The van der Waals surface area contributed by atoms with Crippen molar-refractivity contribution in [3.8, 4) is 5.75 Å². The Morgan fingerprint density at radius 2 is 1.77 bits per heavy atom. The number of aromatic nitrogens is 1. The van der Waals surface area contributed by atoms with Gasteiger partial charge in [-0.1, -0.05) is 83.1 Å². The number of hydrogen-bond acceptors (Lipinski definition) is 6. The van der Waals surface area contributed by atoms with Crippen LogP contribution in [0.3, 0.4) is 0 Å². The molecule has 1 atom stereocenters. The molecule has 0 saturated carbocycles. The lowest BCUT2D eigenvalue weighted by Crippen LogP contribution is -2.39. The standard InChI is InChI=1S/C30H24Cl2N2O4S/c1-3-37-29(36)26-18(2)33-30-34(27(26)19-12-14-22(31)15-13-19)28(35)25(39-30)16-20-8-5-7-11-24(20)38-17-21-9-4-6-10-23(21)32/h4-16,27H,3,17H2,1-2H3/b25-16-/t27-/m1/s1. The molecule has 0 unspecified atom stereocenters. The number of hydrogen-bond donors (Lipinski definition) is 0. The molecule has 1 aliphatic rings. The van der Waals surface area contributed by atoms with Gasteiger partial charge in [0, 0.05) is 21.2 Å². The topological polar surface area (TPSA) is 69.9 Å². The summed E-state index contributed by atoms with van der Waals surface area (Å²) in [5.41, 5.74) is 2.88. The van der Waals surface area contributed by atoms with Crippen LogP contribution in [0.4, 0.5) is 0 Å². The van der Waals surface area contributed by atoms with Crippen molar-refractivity contribution >= 4 is 46.6 Å². The van der Waals surface area contributed by atoms with Crippen LogP contribution in [0.2, 0.25) is 10.0 Å². The van der Waals surface area contributed by atoms with E-state index in [2.05, 4.69) is 4.99 Å². The molecule has 198 valence electrons. The summed E-state index contributed by atoms with van der Waals surface area (Å²) in [7, 11) is 0. The van der Waals surface area contributed by atoms with E-state index in [0.29, 0.717) is 36.4 Å². The summed E-state index contributed by atoms with van der Waals surface area (Å²) < 4.78 is 13.4. The highest BCUT2D eigenvalue weighted by Crippen LogP contribution is 2.31. The molecule has 3 aromatic carbocycles. The third-order valence-electron chi connectivity index (χ3n) is 6.25. The highest BCUT2D eigenvalue weighted by molar-refractivity contribution is 7.07. The third-order valence-corrected chi connectivity index (χ3v) is 7.85. The Bertz CT molecular complexity index is 1760. The first kappa shape index (κ1) is 26.9. The third kappa shape index (κ3) is 5.57. The minimum atomic E-state index is -0.702. The molecule has 0 amide bonds. The average molecular weight is 580 g/mol. The summed E-state index contributed by atoms with van der Waals surface area (Å²) in [5, 5.41) is 1.18. The van der Waals surface area contributed by atoms with E-state index in [1.54, 1.807) is 48.8 Å². The van der Waals surface area contributed by atoms with Crippen molar-refractivity contribution in [3.05, 3.63) is 130 Å². The molecule has 0 radical (unpaired) electrons. The smallest absolute Gasteiger partial charge is 0.338 e. The molecule has 2 heterocycles. The first-order valence-electron chi connectivity index (χ1n) is 12.3. The van der Waals surface area contributed by atoms with E-state index in [0.717, 1.165) is 16.7 Å². The van der Waals surface area contributed by atoms with Crippen LogP contribution in [-0.4, -0.2) is 17.1 Å². The van der Waals surface area contributed by atoms with Crippen LogP contribution >= 0.6 is 34.5 Å². The van der Waals surface area contributed by atoms with Gasteiger partial charge in [-0.15, -0.1) is 0 Å². The van der Waals surface area contributed by atoms with Gasteiger partial charge in [-0.25, -0.2) is 9.79 Å². The SMILES string of the molecule is CCOC(=O)C1=C(C)N=c2s/c(=C\c3ccccc3OCc3ccccc3Cl)c(=O)n2[C@@H]1c1ccc(Cl)cc1. The molecule has 0 saturated heterocycles. The number of thiazole rings is 1. The van der Waals surface area contributed by atoms with E-state index < -0.39 is 12.0 Å². The van der Waals surface area contributed by atoms with Gasteiger partial charge in [0.2, 0.25) is 0 Å². The van der Waals surface area contributed by atoms with Gasteiger partial charge in [-0.2, -0.15) is 0 Å². The molecule has 9 heteroatoms. The summed E-state index contributed by atoms with van der Waals surface area (Å²) in [4.78, 5) is 32.0. The van der Waals surface area contributed by atoms with E-state index in [9.17, 15) is 9.59 Å². The molecular weight excluding hydrogens is 555 g/mol. The number of halogens is 2. The Hall–Kier alpha value is -3.65. The van der Waals surface area contributed by atoms with Crippen LogP contribution in [0.5, 0.6) is 5.75 Å². The molecule has 0 fully saturated rings. The number of esters is 1. The monoisotopic (exact) mass is 578 g/mol. The predicted molar refractivity (Wildman–Crippen MR) is 154 cm³/mol. The van der Waals surface area contributed by atoms with Crippen LogP contribution in [-0.2, 0) is 16.1 Å².